The molecule has 108 valence electrons. The highest BCUT2D eigenvalue weighted by Crippen LogP contribution is 2.26. The minimum Gasteiger partial charge on any atom is -0.487 e. The molecule has 0 heterocycles. The van der Waals surface area contributed by atoms with Gasteiger partial charge in [0.25, 0.3) is 0 Å². The van der Waals surface area contributed by atoms with E-state index in [2.05, 4.69) is 11.9 Å². The predicted octanol–water partition coefficient (Wildman–Crippen LogP) is 2.43. The number of hydrogen-bond donors (Lipinski definition) is 1. The summed E-state index contributed by atoms with van der Waals surface area (Å²) < 4.78 is 10.3. The Labute approximate surface area is 118 Å². The van der Waals surface area contributed by atoms with Crippen LogP contribution in [0, 0.1) is 0 Å². The first-order chi connectivity index (χ1) is 9.43. The summed E-state index contributed by atoms with van der Waals surface area (Å²) in [5.74, 6) is 0.0921. The Morgan fingerprint density at radius 2 is 1.95 bits per heavy atom. The molecule has 0 aromatic heterocycles. The molecule has 0 fully saturated rings. The van der Waals surface area contributed by atoms with Gasteiger partial charge in [0.15, 0.2) is 5.78 Å². The Hall–Kier alpha value is -2.14. The van der Waals surface area contributed by atoms with E-state index in [-0.39, 0.29) is 18.3 Å². The zero-order chi connectivity index (χ0) is 15.1. The standard InChI is InChI=1S/C15H19NO4/c1-10(2)8-20-14-6-5-12(11(3)17)7-13(14)16-15(18)9-19-4/h5-7H,1,8-9H2,2-4H3,(H,16,18). The molecule has 0 aliphatic heterocycles. The van der Waals surface area contributed by atoms with Crippen molar-refractivity contribution in [1.29, 1.82) is 0 Å². The molecule has 0 aliphatic rings. The van der Waals surface area contributed by atoms with Crippen molar-refractivity contribution >= 4 is 17.4 Å². The molecular formula is C15H19NO4. The average molecular weight is 277 g/mol. The van der Waals surface area contributed by atoms with E-state index in [0.29, 0.717) is 23.6 Å². The second-order valence-corrected chi connectivity index (χ2v) is 4.49. The van der Waals surface area contributed by atoms with E-state index >= 15 is 0 Å². The third kappa shape index (κ3) is 4.85. The van der Waals surface area contributed by atoms with E-state index in [0.717, 1.165) is 5.57 Å². The van der Waals surface area contributed by atoms with Crippen molar-refractivity contribution in [1.82, 2.24) is 0 Å². The van der Waals surface area contributed by atoms with Crippen LogP contribution in [0.3, 0.4) is 0 Å². The number of amides is 1. The first-order valence-corrected chi connectivity index (χ1v) is 6.15. The van der Waals surface area contributed by atoms with E-state index in [1.54, 1.807) is 18.2 Å². The maximum absolute atomic E-state index is 11.6. The topological polar surface area (TPSA) is 64.6 Å². The van der Waals surface area contributed by atoms with Gasteiger partial charge in [0.2, 0.25) is 5.91 Å². The lowest BCUT2D eigenvalue weighted by molar-refractivity contribution is -0.119. The van der Waals surface area contributed by atoms with Crippen molar-refractivity contribution in [2.75, 3.05) is 25.6 Å². The van der Waals surface area contributed by atoms with Gasteiger partial charge >= 0.3 is 0 Å². The third-order valence-electron chi connectivity index (χ3n) is 2.41. The molecule has 1 amide bonds. The predicted molar refractivity (Wildman–Crippen MR) is 77.3 cm³/mol. The molecule has 5 heteroatoms. The van der Waals surface area contributed by atoms with Crippen molar-refractivity contribution in [2.24, 2.45) is 0 Å². The van der Waals surface area contributed by atoms with Crippen molar-refractivity contribution in [3.8, 4) is 5.75 Å². The molecule has 1 aromatic rings. The lowest BCUT2D eigenvalue weighted by atomic mass is 10.1. The van der Waals surface area contributed by atoms with Crippen LogP contribution in [0.4, 0.5) is 5.69 Å². The summed E-state index contributed by atoms with van der Waals surface area (Å²) in [5, 5.41) is 2.66. The quantitative estimate of drug-likeness (QED) is 0.614. The number of rotatable bonds is 7. The number of benzene rings is 1. The Kier molecular flexibility index (Phi) is 5.93. The molecule has 0 spiro atoms. The van der Waals surface area contributed by atoms with Crippen LogP contribution in [0.15, 0.2) is 30.4 Å². The summed E-state index contributed by atoms with van der Waals surface area (Å²) in [6, 6.07) is 4.90. The Morgan fingerprint density at radius 1 is 1.25 bits per heavy atom. The van der Waals surface area contributed by atoms with Gasteiger partial charge in [-0.1, -0.05) is 6.58 Å². The molecule has 5 nitrogen and oxygen atoms in total. The number of hydrogen-bond acceptors (Lipinski definition) is 4. The van der Waals surface area contributed by atoms with Crippen LogP contribution < -0.4 is 10.1 Å². The fraction of sp³-hybridized carbons (Fsp3) is 0.333. The lowest BCUT2D eigenvalue weighted by Crippen LogP contribution is -2.18. The van der Waals surface area contributed by atoms with E-state index < -0.39 is 0 Å². The lowest BCUT2D eigenvalue weighted by Gasteiger charge is -2.13. The van der Waals surface area contributed by atoms with Gasteiger partial charge in [-0.25, -0.2) is 0 Å². The maximum atomic E-state index is 11.6. The second-order valence-electron chi connectivity index (χ2n) is 4.49. The smallest absolute Gasteiger partial charge is 0.250 e. The Bertz CT molecular complexity index is 523. The van der Waals surface area contributed by atoms with Gasteiger partial charge in [-0.2, -0.15) is 0 Å². The molecule has 0 saturated carbocycles. The first-order valence-electron chi connectivity index (χ1n) is 6.15. The molecule has 20 heavy (non-hydrogen) atoms. The molecular weight excluding hydrogens is 258 g/mol. The minimum atomic E-state index is -0.312. The van der Waals surface area contributed by atoms with Crippen LogP contribution in [-0.4, -0.2) is 32.0 Å². The van der Waals surface area contributed by atoms with Crippen molar-refractivity contribution < 1.29 is 19.1 Å². The van der Waals surface area contributed by atoms with Crippen molar-refractivity contribution in [3.05, 3.63) is 35.9 Å². The van der Waals surface area contributed by atoms with Gasteiger partial charge in [0.1, 0.15) is 19.0 Å². The highest BCUT2D eigenvalue weighted by molar-refractivity contribution is 5.98. The second kappa shape index (κ2) is 7.45. The Balaban J connectivity index is 2.99. The first kappa shape index (κ1) is 15.9. The summed E-state index contributed by atoms with van der Waals surface area (Å²) in [4.78, 5) is 23.0. The van der Waals surface area contributed by atoms with Crippen molar-refractivity contribution in [2.45, 2.75) is 13.8 Å². The molecule has 0 unspecified atom stereocenters. The summed E-state index contributed by atoms with van der Waals surface area (Å²) >= 11 is 0. The number of methoxy groups -OCH3 is 1. The molecule has 1 aromatic carbocycles. The van der Waals surface area contributed by atoms with Gasteiger partial charge in [0.05, 0.1) is 5.69 Å². The number of nitrogens with one attached hydrogen (secondary N) is 1. The highest BCUT2D eigenvalue weighted by Gasteiger charge is 2.11. The van der Waals surface area contributed by atoms with Crippen LogP contribution in [0.25, 0.3) is 0 Å². The normalized spacial score (nSPS) is 9.95. The fourth-order valence-corrected chi connectivity index (χ4v) is 1.49. The molecule has 1 N–H and O–H groups in total. The number of ether oxygens (including phenoxy) is 2. The zero-order valence-electron chi connectivity index (χ0n) is 12.0. The molecule has 0 atom stereocenters. The molecule has 0 saturated heterocycles. The van der Waals surface area contributed by atoms with Crippen LogP contribution >= 0.6 is 0 Å². The fourth-order valence-electron chi connectivity index (χ4n) is 1.49. The molecule has 0 aliphatic carbocycles. The number of carbonyl (C=O) groups excluding carboxylic acids is 2. The minimum absolute atomic E-state index is 0.0653. The number of ketones is 1. The molecule has 0 radical (unpaired) electrons. The van der Waals surface area contributed by atoms with Gasteiger partial charge in [-0.3, -0.25) is 9.59 Å². The zero-order valence-corrected chi connectivity index (χ0v) is 12.0. The number of carbonyl (C=O) groups is 2. The summed E-state index contributed by atoms with van der Waals surface area (Å²) in [5.41, 5.74) is 1.80. The summed E-state index contributed by atoms with van der Waals surface area (Å²) in [7, 11) is 1.43. The van der Waals surface area contributed by atoms with Gasteiger partial charge < -0.3 is 14.8 Å². The highest BCUT2D eigenvalue weighted by atomic mass is 16.5. The van der Waals surface area contributed by atoms with E-state index in [9.17, 15) is 9.59 Å². The average Bonchev–Trinajstić information content (AvgIpc) is 2.37. The van der Waals surface area contributed by atoms with Gasteiger partial charge in [0, 0.05) is 12.7 Å². The van der Waals surface area contributed by atoms with E-state index in [1.165, 1.54) is 14.0 Å². The third-order valence-corrected chi connectivity index (χ3v) is 2.41. The van der Waals surface area contributed by atoms with E-state index in [1.807, 2.05) is 6.92 Å². The van der Waals surface area contributed by atoms with Crippen LogP contribution in [0.5, 0.6) is 5.75 Å². The van der Waals surface area contributed by atoms with Crippen molar-refractivity contribution in [3.63, 3.8) is 0 Å². The van der Waals surface area contributed by atoms with Gasteiger partial charge in [-0.05, 0) is 37.6 Å². The van der Waals surface area contributed by atoms with Gasteiger partial charge in [-0.15, -0.1) is 0 Å². The SMILES string of the molecule is C=C(C)COc1ccc(C(C)=O)cc1NC(=O)COC. The van der Waals surface area contributed by atoms with Crippen LogP contribution in [-0.2, 0) is 9.53 Å². The van der Waals surface area contributed by atoms with Crippen LogP contribution in [0.1, 0.15) is 24.2 Å². The summed E-state index contributed by atoms with van der Waals surface area (Å²) in [6.07, 6.45) is 0. The summed E-state index contributed by atoms with van der Waals surface area (Å²) in [6.45, 7) is 7.33. The monoisotopic (exact) mass is 277 g/mol. The van der Waals surface area contributed by atoms with Crippen LogP contribution in [0.2, 0.25) is 0 Å². The van der Waals surface area contributed by atoms with E-state index in [4.69, 9.17) is 9.47 Å². The molecule has 1 rings (SSSR count). The Morgan fingerprint density at radius 3 is 2.50 bits per heavy atom. The number of anilines is 1. The number of Topliss-reactive ketones (excluding diaryl/α,β-unsaturated/α-hetero) is 1. The largest absolute Gasteiger partial charge is 0.487 e. The molecule has 0 bridgehead atoms. The maximum Gasteiger partial charge on any atom is 0.250 e.